The van der Waals surface area contributed by atoms with E-state index in [-0.39, 0.29) is 24.0 Å². The van der Waals surface area contributed by atoms with Gasteiger partial charge in [0.15, 0.2) is 12.3 Å². The Labute approximate surface area is 150 Å². The highest BCUT2D eigenvalue weighted by molar-refractivity contribution is 7.13. The Morgan fingerprint density at radius 2 is 2.12 bits per heavy atom. The first-order chi connectivity index (χ1) is 12.7. The van der Waals surface area contributed by atoms with E-state index in [9.17, 15) is 9.18 Å². The van der Waals surface area contributed by atoms with Crippen LogP contribution in [-0.2, 0) is 11.3 Å². The van der Waals surface area contributed by atoms with E-state index in [0.717, 1.165) is 4.88 Å². The van der Waals surface area contributed by atoms with Crippen molar-refractivity contribution in [3.8, 4) is 16.4 Å². The summed E-state index contributed by atoms with van der Waals surface area (Å²) in [6.45, 7) is -0.161. The maximum atomic E-state index is 13.1. The summed E-state index contributed by atoms with van der Waals surface area (Å²) in [5.74, 6) is -0.337. The van der Waals surface area contributed by atoms with Gasteiger partial charge in [-0.3, -0.25) is 4.57 Å². The van der Waals surface area contributed by atoms with Gasteiger partial charge in [-0.05, 0) is 35.7 Å². The van der Waals surface area contributed by atoms with E-state index in [1.165, 1.54) is 40.6 Å². The van der Waals surface area contributed by atoms with Gasteiger partial charge in [-0.2, -0.15) is 4.98 Å². The molecule has 0 bridgehead atoms. The van der Waals surface area contributed by atoms with Gasteiger partial charge in [-0.25, -0.2) is 14.2 Å². The zero-order chi connectivity index (χ0) is 17.9. The van der Waals surface area contributed by atoms with Gasteiger partial charge in [0.1, 0.15) is 5.82 Å². The molecule has 130 valence electrons. The molecular weight excluding hydrogens is 359 g/mol. The number of rotatable bonds is 5. The Bertz CT molecular complexity index is 1020. The molecule has 3 aromatic heterocycles. The molecule has 3 heterocycles. The van der Waals surface area contributed by atoms with E-state index in [2.05, 4.69) is 15.1 Å². The van der Waals surface area contributed by atoms with Crippen LogP contribution >= 0.6 is 11.3 Å². The van der Waals surface area contributed by atoms with Crippen molar-refractivity contribution in [1.29, 1.82) is 0 Å². The van der Waals surface area contributed by atoms with E-state index in [0.29, 0.717) is 11.5 Å². The predicted octanol–water partition coefficient (Wildman–Crippen LogP) is 3.48. The molecule has 4 aromatic rings. The molecule has 26 heavy (non-hydrogen) atoms. The Kier molecular flexibility index (Phi) is 4.28. The summed E-state index contributed by atoms with van der Waals surface area (Å²) in [5, 5.41) is 5.76. The monoisotopic (exact) mass is 370 g/mol. The maximum absolute atomic E-state index is 13.1. The molecule has 0 N–H and O–H groups in total. The Morgan fingerprint density at radius 1 is 1.27 bits per heavy atom. The van der Waals surface area contributed by atoms with Crippen LogP contribution in [0.3, 0.4) is 0 Å². The molecule has 7 nitrogen and oxygen atoms in total. The molecule has 0 atom stereocenters. The third kappa shape index (κ3) is 3.24. The van der Waals surface area contributed by atoms with Crippen molar-refractivity contribution in [2.45, 2.75) is 6.61 Å². The van der Waals surface area contributed by atoms with Gasteiger partial charge in [-0.1, -0.05) is 11.2 Å². The van der Waals surface area contributed by atoms with Crippen LogP contribution in [0.25, 0.3) is 16.4 Å². The van der Waals surface area contributed by atoms with Gasteiger partial charge < -0.3 is 9.26 Å². The number of halogens is 1. The van der Waals surface area contributed by atoms with Crippen LogP contribution in [0.1, 0.15) is 16.4 Å². The molecule has 4 rings (SSSR count). The summed E-state index contributed by atoms with van der Waals surface area (Å²) < 4.78 is 24.9. The first-order valence-corrected chi connectivity index (χ1v) is 8.40. The summed E-state index contributed by atoms with van der Waals surface area (Å²) in [7, 11) is 0. The van der Waals surface area contributed by atoms with Gasteiger partial charge in [0, 0.05) is 5.69 Å². The molecule has 0 saturated heterocycles. The summed E-state index contributed by atoms with van der Waals surface area (Å²) >= 11 is 1.48. The molecule has 0 radical (unpaired) electrons. The van der Waals surface area contributed by atoms with Crippen LogP contribution in [0.15, 0.2) is 58.8 Å². The highest BCUT2D eigenvalue weighted by Gasteiger charge is 2.17. The van der Waals surface area contributed by atoms with Crippen molar-refractivity contribution in [2.75, 3.05) is 0 Å². The van der Waals surface area contributed by atoms with Gasteiger partial charge in [0.05, 0.1) is 17.4 Å². The zero-order valence-corrected chi connectivity index (χ0v) is 14.0. The first-order valence-electron chi connectivity index (χ1n) is 7.52. The van der Waals surface area contributed by atoms with Crippen LogP contribution in [0.4, 0.5) is 4.39 Å². The Morgan fingerprint density at radius 3 is 2.88 bits per heavy atom. The molecule has 0 fully saturated rings. The van der Waals surface area contributed by atoms with Crippen LogP contribution < -0.4 is 0 Å². The molecule has 9 heteroatoms. The average Bonchev–Trinajstić information content (AvgIpc) is 3.40. The first kappa shape index (κ1) is 16.2. The van der Waals surface area contributed by atoms with E-state index < -0.39 is 5.97 Å². The zero-order valence-electron chi connectivity index (χ0n) is 13.2. The van der Waals surface area contributed by atoms with Crippen LogP contribution in [0, 0.1) is 5.82 Å². The standard InChI is InChI=1S/C17H11FN4O3S/c18-11-3-5-12(6-4-11)22-10-19-8-13(22)17(23)24-9-15-20-16(21-25-15)14-2-1-7-26-14/h1-8,10H,9H2. The summed E-state index contributed by atoms with van der Waals surface area (Å²) in [4.78, 5) is 21.3. The number of benzene rings is 1. The summed E-state index contributed by atoms with van der Waals surface area (Å²) in [5.41, 5.74) is 0.795. The molecular formula is C17H11FN4O3S. The van der Waals surface area contributed by atoms with Gasteiger partial charge in [0.25, 0.3) is 5.89 Å². The lowest BCUT2D eigenvalue weighted by atomic mass is 10.3. The third-order valence-corrected chi connectivity index (χ3v) is 4.35. The minimum Gasteiger partial charge on any atom is -0.451 e. The number of nitrogens with zero attached hydrogens (tertiary/aromatic N) is 4. The maximum Gasteiger partial charge on any atom is 0.357 e. The minimum atomic E-state index is -0.609. The molecule has 0 amide bonds. The molecule has 0 spiro atoms. The normalized spacial score (nSPS) is 10.8. The van der Waals surface area contributed by atoms with Crippen LogP contribution in [-0.4, -0.2) is 25.7 Å². The Hall–Kier alpha value is -3.33. The topological polar surface area (TPSA) is 83.0 Å². The highest BCUT2D eigenvalue weighted by atomic mass is 32.1. The lowest BCUT2D eigenvalue weighted by Crippen LogP contribution is -2.11. The molecule has 0 saturated carbocycles. The number of ether oxygens (including phenoxy) is 1. The second-order valence-corrected chi connectivity index (χ2v) is 6.14. The smallest absolute Gasteiger partial charge is 0.357 e. The molecule has 0 unspecified atom stereocenters. The number of hydrogen-bond donors (Lipinski definition) is 0. The number of esters is 1. The van der Waals surface area contributed by atoms with Crippen molar-refractivity contribution in [3.63, 3.8) is 0 Å². The van der Waals surface area contributed by atoms with E-state index >= 15 is 0 Å². The number of carbonyl (C=O) groups is 1. The average molecular weight is 370 g/mol. The number of hydrogen-bond acceptors (Lipinski definition) is 7. The van der Waals surface area contributed by atoms with Gasteiger partial charge in [-0.15, -0.1) is 11.3 Å². The molecule has 1 aromatic carbocycles. The van der Waals surface area contributed by atoms with Crippen LogP contribution in [0.5, 0.6) is 0 Å². The quantitative estimate of drug-likeness (QED) is 0.500. The summed E-state index contributed by atoms with van der Waals surface area (Å²) in [6, 6.07) is 9.43. The molecule has 0 aliphatic rings. The fraction of sp³-hybridized carbons (Fsp3) is 0.0588. The lowest BCUT2D eigenvalue weighted by Gasteiger charge is -2.07. The van der Waals surface area contributed by atoms with E-state index in [1.54, 1.807) is 12.1 Å². The van der Waals surface area contributed by atoms with Crippen molar-refractivity contribution < 1.29 is 18.4 Å². The largest absolute Gasteiger partial charge is 0.451 e. The lowest BCUT2D eigenvalue weighted by molar-refractivity contribution is 0.0420. The van der Waals surface area contributed by atoms with Crippen molar-refractivity contribution in [1.82, 2.24) is 19.7 Å². The number of carbonyl (C=O) groups excluding carboxylic acids is 1. The fourth-order valence-corrected chi connectivity index (χ4v) is 2.92. The second-order valence-electron chi connectivity index (χ2n) is 5.19. The second kappa shape index (κ2) is 6.89. The predicted molar refractivity (Wildman–Crippen MR) is 90.3 cm³/mol. The molecule has 0 aliphatic carbocycles. The fourth-order valence-electron chi connectivity index (χ4n) is 2.27. The van der Waals surface area contributed by atoms with Crippen molar-refractivity contribution >= 4 is 17.3 Å². The summed E-state index contributed by atoms with van der Waals surface area (Å²) in [6.07, 6.45) is 2.82. The van der Waals surface area contributed by atoms with Gasteiger partial charge in [0.2, 0.25) is 5.82 Å². The minimum absolute atomic E-state index is 0.161. The SMILES string of the molecule is O=C(OCc1nc(-c2cccs2)no1)c1cncn1-c1ccc(F)cc1. The number of imidazole rings is 1. The third-order valence-electron chi connectivity index (χ3n) is 3.49. The number of aromatic nitrogens is 4. The number of thiophene rings is 1. The van der Waals surface area contributed by atoms with E-state index in [4.69, 9.17) is 9.26 Å². The van der Waals surface area contributed by atoms with E-state index in [1.807, 2.05) is 17.5 Å². The Balaban J connectivity index is 1.46. The highest BCUT2D eigenvalue weighted by Crippen LogP contribution is 2.21. The van der Waals surface area contributed by atoms with Gasteiger partial charge >= 0.3 is 5.97 Å². The van der Waals surface area contributed by atoms with Crippen molar-refractivity contribution in [2.24, 2.45) is 0 Å². The molecule has 0 aliphatic heterocycles. The van der Waals surface area contributed by atoms with Crippen LogP contribution in [0.2, 0.25) is 0 Å². The van der Waals surface area contributed by atoms with Crippen molar-refractivity contribution in [3.05, 3.63) is 71.7 Å².